The fraction of sp³-hybridized carbons (Fsp3) is 0.400. The average molecular weight is 256 g/mol. The van der Waals surface area contributed by atoms with E-state index in [1.165, 1.54) is 0 Å². The van der Waals surface area contributed by atoms with Crippen LogP contribution in [0.1, 0.15) is 31.8 Å². The maximum atomic E-state index is 5.67. The van der Waals surface area contributed by atoms with E-state index in [0.717, 1.165) is 29.3 Å². The monoisotopic (exact) mass is 256 g/mol. The smallest absolute Gasteiger partial charge is 0.134 e. The zero-order valence-corrected chi connectivity index (χ0v) is 11.7. The molecule has 0 aliphatic heterocycles. The first-order valence-electron chi connectivity index (χ1n) is 6.50. The van der Waals surface area contributed by atoms with Gasteiger partial charge in [0.25, 0.3) is 0 Å². The van der Waals surface area contributed by atoms with Gasteiger partial charge in [0.15, 0.2) is 0 Å². The second-order valence-electron chi connectivity index (χ2n) is 5.36. The summed E-state index contributed by atoms with van der Waals surface area (Å²) in [6, 6.07) is 7.78. The molecular weight excluding hydrogens is 236 g/mol. The standard InChI is InChI=1S/C15H20N4/c1-11-10-13(12-6-4-5-9-17-12)19-14(18-11)15(2,3)7-8-16/h4-6,9-10H,7-8,16H2,1-3H3. The van der Waals surface area contributed by atoms with Crippen LogP contribution in [-0.2, 0) is 5.41 Å². The predicted molar refractivity (Wildman–Crippen MR) is 76.7 cm³/mol. The van der Waals surface area contributed by atoms with E-state index in [-0.39, 0.29) is 5.41 Å². The molecule has 0 spiro atoms. The largest absolute Gasteiger partial charge is 0.330 e. The Balaban J connectivity index is 2.46. The van der Waals surface area contributed by atoms with Gasteiger partial charge in [-0.3, -0.25) is 4.98 Å². The van der Waals surface area contributed by atoms with Crippen molar-refractivity contribution in [2.24, 2.45) is 5.73 Å². The molecular formula is C15H20N4. The zero-order valence-electron chi connectivity index (χ0n) is 11.7. The summed E-state index contributed by atoms with van der Waals surface area (Å²) in [6.07, 6.45) is 2.63. The van der Waals surface area contributed by atoms with Crippen LogP contribution in [0.4, 0.5) is 0 Å². The molecule has 2 N–H and O–H groups in total. The number of aromatic nitrogens is 3. The molecule has 2 heterocycles. The van der Waals surface area contributed by atoms with Gasteiger partial charge in [-0.15, -0.1) is 0 Å². The van der Waals surface area contributed by atoms with Crippen LogP contribution in [0.3, 0.4) is 0 Å². The molecule has 0 atom stereocenters. The molecule has 0 saturated heterocycles. The highest BCUT2D eigenvalue weighted by Crippen LogP contribution is 2.25. The minimum atomic E-state index is -0.121. The van der Waals surface area contributed by atoms with Gasteiger partial charge in [-0.1, -0.05) is 19.9 Å². The van der Waals surface area contributed by atoms with Gasteiger partial charge < -0.3 is 5.73 Å². The molecule has 0 saturated carbocycles. The first kappa shape index (κ1) is 13.6. The van der Waals surface area contributed by atoms with Crippen molar-refractivity contribution in [1.82, 2.24) is 15.0 Å². The molecule has 100 valence electrons. The van der Waals surface area contributed by atoms with E-state index in [0.29, 0.717) is 6.54 Å². The van der Waals surface area contributed by atoms with Crippen molar-refractivity contribution in [3.8, 4) is 11.4 Å². The Morgan fingerprint density at radius 1 is 1.16 bits per heavy atom. The zero-order chi connectivity index (χ0) is 13.9. The first-order chi connectivity index (χ1) is 9.03. The van der Waals surface area contributed by atoms with Gasteiger partial charge in [0.1, 0.15) is 5.82 Å². The van der Waals surface area contributed by atoms with Crippen LogP contribution in [-0.4, -0.2) is 21.5 Å². The van der Waals surface area contributed by atoms with E-state index in [9.17, 15) is 0 Å². The summed E-state index contributed by atoms with van der Waals surface area (Å²) < 4.78 is 0. The molecule has 0 bridgehead atoms. The molecule has 0 fully saturated rings. The second-order valence-corrected chi connectivity index (χ2v) is 5.36. The summed E-state index contributed by atoms with van der Waals surface area (Å²) in [5.41, 5.74) is 8.25. The SMILES string of the molecule is Cc1cc(-c2ccccn2)nc(C(C)(C)CCN)n1. The Labute approximate surface area is 114 Å². The summed E-state index contributed by atoms with van der Waals surface area (Å²) in [6.45, 7) is 6.85. The molecule has 2 aromatic rings. The molecule has 19 heavy (non-hydrogen) atoms. The molecule has 0 aliphatic rings. The predicted octanol–water partition coefficient (Wildman–Crippen LogP) is 2.47. The van der Waals surface area contributed by atoms with Crippen molar-refractivity contribution in [3.05, 3.63) is 42.0 Å². The number of aryl methyl sites for hydroxylation is 1. The van der Waals surface area contributed by atoms with Gasteiger partial charge in [0, 0.05) is 17.3 Å². The van der Waals surface area contributed by atoms with Crippen molar-refractivity contribution in [1.29, 1.82) is 0 Å². The lowest BCUT2D eigenvalue weighted by Crippen LogP contribution is -2.25. The van der Waals surface area contributed by atoms with Gasteiger partial charge in [-0.2, -0.15) is 0 Å². The topological polar surface area (TPSA) is 64.7 Å². The first-order valence-corrected chi connectivity index (χ1v) is 6.50. The second kappa shape index (κ2) is 5.45. The summed E-state index contributed by atoms with van der Waals surface area (Å²) >= 11 is 0. The van der Waals surface area contributed by atoms with E-state index >= 15 is 0 Å². The third-order valence-corrected chi connectivity index (χ3v) is 3.16. The van der Waals surface area contributed by atoms with E-state index in [4.69, 9.17) is 5.73 Å². The van der Waals surface area contributed by atoms with Crippen LogP contribution in [0.2, 0.25) is 0 Å². The van der Waals surface area contributed by atoms with Gasteiger partial charge in [-0.25, -0.2) is 9.97 Å². The van der Waals surface area contributed by atoms with Crippen LogP contribution in [0.15, 0.2) is 30.5 Å². The molecule has 2 rings (SSSR count). The number of pyridine rings is 1. The molecule has 0 radical (unpaired) electrons. The highest BCUT2D eigenvalue weighted by atomic mass is 14.9. The van der Waals surface area contributed by atoms with Crippen LogP contribution in [0, 0.1) is 6.92 Å². The third-order valence-electron chi connectivity index (χ3n) is 3.16. The number of hydrogen-bond donors (Lipinski definition) is 1. The maximum absolute atomic E-state index is 5.67. The number of hydrogen-bond acceptors (Lipinski definition) is 4. The Morgan fingerprint density at radius 2 is 1.95 bits per heavy atom. The minimum absolute atomic E-state index is 0.121. The van der Waals surface area contributed by atoms with Gasteiger partial charge in [0.2, 0.25) is 0 Å². The molecule has 0 unspecified atom stereocenters. The molecule has 4 heteroatoms. The Kier molecular flexibility index (Phi) is 3.90. The van der Waals surface area contributed by atoms with Crippen LogP contribution >= 0.6 is 0 Å². The van der Waals surface area contributed by atoms with Crippen LogP contribution in [0.5, 0.6) is 0 Å². The Hall–Kier alpha value is -1.81. The lowest BCUT2D eigenvalue weighted by molar-refractivity contribution is 0.456. The lowest BCUT2D eigenvalue weighted by atomic mass is 9.88. The van der Waals surface area contributed by atoms with Crippen molar-refractivity contribution in [2.75, 3.05) is 6.54 Å². The summed E-state index contributed by atoms with van der Waals surface area (Å²) in [4.78, 5) is 13.6. The van der Waals surface area contributed by atoms with Gasteiger partial charge >= 0.3 is 0 Å². The van der Waals surface area contributed by atoms with Crippen molar-refractivity contribution < 1.29 is 0 Å². The lowest BCUT2D eigenvalue weighted by Gasteiger charge is -2.22. The molecule has 4 nitrogen and oxygen atoms in total. The highest BCUT2D eigenvalue weighted by Gasteiger charge is 2.24. The fourth-order valence-corrected chi connectivity index (χ4v) is 1.99. The molecule has 0 amide bonds. The summed E-state index contributed by atoms with van der Waals surface area (Å²) in [5.74, 6) is 0.832. The van der Waals surface area contributed by atoms with E-state index in [1.54, 1.807) is 6.20 Å². The summed E-state index contributed by atoms with van der Waals surface area (Å²) in [5, 5.41) is 0. The average Bonchev–Trinajstić information content (AvgIpc) is 2.39. The normalized spacial score (nSPS) is 11.6. The quantitative estimate of drug-likeness (QED) is 0.912. The Bertz CT molecular complexity index is 549. The highest BCUT2D eigenvalue weighted by molar-refractivity contribution is 5.54. The van der Waals surface area contributed by atoms with Crippen LogP contribution < -0.4 is 5.73 Å². The number of nitrogens with zero attached hydrogens (tertiary/aromatic N) is 3. The summed E-state index contributed by atoms with van der Waals surface area (Å²) in [7, 11) is 0. The van der Waals surface area contributed by atoms with E-state index in [2.05, 4.69) is 28.8 Å². The number of nitrogens with two attached hydrogens (primary N) is 1. The minimum Gasteiger partial charge on any atom is -0.330 e. The molecule has 0 aliphatic carbocycles. The van der Waals surface area contributed by atoms with Gasteiger partial charge in [-0.05, 0) is 38.1 Å². The van der Waals surface area contributed by atoms with Crippen molar-refractivity contribution in [3.63, 3.8) is 0 Å². The molecule has 0 aromatic carbocycles. The fourth-order valence-electron chi connectivity index (χ4n) is 1.99. The third kappa shape index (κ3) is 3.15. The number of rotatable bonds is 4. The van der Waals surface area contributed by atoms with Crippen molar-refractivity contribution in [2.45, 2.75) is 32.6 Å². The maximum Gasteiger partial charge on any atom is 0.134 e. The molecule has 2 aromatic heterocycles. The van der Waals surface area contributed by atoms with Crippen LogP contribution in [0.25, 0.3) is 11.4 Å². The Morgan fingerprint density at radius 3 is 2.58 bits per heavy atom. The van der Waals surface area contributed by atoms with E-state index < -0.39 is 0 Å². The van der Waals surface area contributed by atoms with Gasteiger partial charge in [0.05, 0.1) is 11.4 Å². The van der Waals surface area contributed by atoms with E-state index in [1.807, 2.05) is 31.2 Å². The van der Waals surface area contributed by atoms with Crippen molar-refractivity contribution >= 4 is 0 Å².